The molecule has 1 N–H and O–H groups in total. The zero-order valence-electron chi connectivity index (χ0n) is 14.7. The lowest BCUT2D eigenvalue weighted by molar-refractivity contribution is -0.385. The molecule has 8 nitrogen and oxygen atoms in total. The van der Waals surface area contributed by atoms with Gasteiger partial charge in [0.15, 0.2) is 0 Å². The van der Waals surface area contributed by atoms with Gasteiger partial charge >= 0.3 is 0 Å². The molecular formula is C16H22ClN3O5S. The zero-order chi connectivity index (χ0) is 19.5. The highest BCUT2D eigenvalue weighted by molar-refractivity contribution is 7.89. The Morgan fingerprint density at radius 2 is 2.00 bits per heavy atom. The summed E-state index contributed by atoms with van der Waals surface area (Å²) in [5, 5.41) is 14.0. The van der Waals surface area contributed by atoms with E-state index in [9.17, 15) is 23.3 Å². The second-order valence-corrected chi connectivity index (χ2v) is 8.62. The number of piperidine rings is 1. The number of amides is 1. The third-order valence-corrected chi connectivity index (χ3v) is 6.77. The molecule has 0 radical (unpaired) electrons. The number of nitrogens with zero attached hydrogens (tertiary/aromatic N) is 2. The van der Waals surface area contributed by atoms with Crippen molar-refractivity contribution in [3.63, 3.8) is 0 Å². The Hall–Kier alpha value is -1.71. The van der Waals surface area contributed by atoms with Gasteiger partial charge in [0.1, 0.15) is 0 Å². The Bertz CT molecular complexity index is 804. The van der Waals surface area contributed by atoms with Crippen LogP contribution in [0.3, 0.4) is 0 Å². The summed E-state index contributed by atoms with van der Waals surface area (Å²) in [6, 6.07) is 2.27. The van der Waals surface area contributed by atoms with Crippen molar-refractivity contribution in [3.05, 3.63) is 32.8 Å². The molecular weight excluding hydrogens is 382 g/mol. The number of nitro groups is 1. The van der Waals surface area contributed by atoms with Gasteiger partial charge in [0, 0.05) is 37.2 Å². The highest BCUT2D eigenvalue weighted by Crippen LogP contribution is 2.32. The molecule has 1 saturated heterocycles. The molecule has 0 saturated carbocycles. The molecule has 1 heterocycles. The second kappa shape index (κ2) is 8.32. The van der Waals surface area contributed by atoms with Crippen LogP contribution in [0.15, 0.2) is 17.0 Å². The number of rotatable bonds is 6. The summed E-state index contributed by atoms with van der Waals surface area (Å²) in [7, 11) is -3.91. The van der Waals surface area contributed by atoms with Crippen LogP contribution in [0, 0.1) is 23.0 Å². The highest BCUT2D eigenvalue weighted by Gasteiger charge is 2.33. The quantitative estimate of drug-likeness (QED) is 0.579. The summed E-state index contributed by atoms with van der Waals surface area (Å²) in [6.07, 6.45) is 1.67. The molecule has 26 heavy (non-hydrogen) atoms. The molecule has 0 bridgehead atoms. The van der Waals surface area contributed by atoms with E-state index in [1.54, 1.807) is 0 Å². The van der Waals surface area contributed by atoms with Crippen LogP contribution in [0.1, 0.15) is 31.7 Å². The molecule has 0 atom stereocenters. The molecule has 0 unspecified atom stereocenters. The first-order valence-electron chi connectivity index (χ1n) is 8.40. The maximum atomic E-state index is 12.8. The molecule has 144 valence electrons. The fourth-order valence-electron chi connectivity index (χ4n) is 2.88. The number of halogens is 1. The average molecular weight is 404 g/mol. The van der Waals surface area contributed by atoms with E-state index in [4.69, 9.17) is 11.6 Å². The first-order valence-corrected chi connectivity index (χ1v) is 10.2. The molecule has 1 aromatic carbocycles. The first-order chi connectivity index (χ1) is 12.2. The lowest BCUT2D eigenvalue weighted by atomic mass is 9.97. The molecule has 1 aromatic rings. The van der Waals surface area contributed by atoms with Crippen LogP contribution in [0.4, 0.5) is 5.69 Å². The molecule has 10 heteroatoms. The molecule has 0 aromatic heterocycles. The standard InChI is InChI=1S/C16H22ClN3O5S/c1-3-6-18-16(21)12-4-7-19(8-5-12)26(24,25)13-9-14(17)11(2)15(10-13)20(22)23/h9-10,12H,3-8H2,1-2H3,(H,18,21). The lowest BCUT2D eigenvalue weighted by Crippen LogP contribution is -2.43. The summed E-state index contributed by atoms with van der Waals surface area (Å²) < 4.78 is 26.9. The van der Waals surface area contributed by atoms with Crippen LogP contribution in [0.2, 0.25) is 5.02 Å². The predicted molar refractivity (Wildman–Crippen MR) is 97.6 cm³/mol. The number of sulfonamides is 1. The van der Waals surface area contributed by atoms with Crippen LogP contribution >= 0.6 is 11.6 Å². The molecule has 1 fully saturated rings. The SMILES string of the molecule is CCCNC(=O)C1CCN(S(=O)(=O)c2cc(Cl)c(C)c([N+](=O)[O-])c2)CC1. The van der Waals surface area contributed by atoms with Gasteiger partial charge in [-0.15, -0.1) is 0 Å². The molecule has 0 aliphatic carbocycles. The fraction of sp³-hybridized carbons (Fsp3) is 0.562. The van der Waals surface area contributed by atoms with Gasteiger partial charge in [-0.3, -0.25) is 14.9 Å². The average Bonchev–Trinajstić information content (AvgIpc) is 2.61. The van der Waals surface area contributed by atoms with Crippen LogP contribution in [0.5, 0.6) is 0 Å². The van der Waals surface area contributed by atoms with E-state index in [2.05, 4.69) is 5.32 Å². The minimum atomic E-state index is -3.91. The van der Waals surface area contributed by atoms with Gasteiger partial charge in [-0.2, -0.15) is 4.31 Å². The van der Waals surface area contributed by atoms with E-state index in [0.717, 1.165) is 12.5 Å². The van der Waals surface area contributed by atoms with E-state index in [1.165, 1.54) is 17.3 Å². The summed E-state index contributed by atoms with van der Waals surface area (Å²) in [5.41, 5.74) is -0.105. The minimum Gasteiger partial charge on any atom is -0.356 e. The van der Waals surface area contributed by atoms with E-state index < -0.39 is 14.9 Å². The van der Waals surface area contributed by atoms with Crippen LogP contribution in [-0.4, -0.2) is 43.2 Å². The van der Waals surface area contributed by atoms with Crippen molar-refractivity contribution in [2.24, 2.45) is 5.92 Å². The molecule has 1 aliphatic heterocycles. The number of carbonyl (C=O) groups excluding carboxylic acids is 1. The van der Waals surface area contributed by atoms with Crippen LogP contribution in [0.25, 0.3) is 0 Å². The number of carbonyl (C=O) groups is 1. The topological polar surface area (TPSA) is 110 Å². The Labute approximate surface area is 157 Å². The van der Waals surface area contributed by atoms with Gasteiger partial charge in [0.2, 0.25) is 15.9 Å². The highest BCUT2D eigenvalue weighted by atomic mass is 35.5. The molecule has 1 aliphatic rings. The van der Waals surface area contributed by atoms with Crippen LogP contribution < -0.4 is 5.32 Å². The van der Waals surface area contributed by atoms with Crippen molar-refractivity contribution < 1.29 is 18.1 Å². The van der Waals surface area contributed by atoms with Crippen molar-refractivity contribution >= 4 is 33.2 Å². The van der Waals surface area contributed by atoms with Gasteiger partial charge in [-0.25, -0.2) is 8.42 Å². The summed E-state index contributed by atoms with van der Waals surface area (Å²) in [4.78, 5) is 22.3. The minimum absolute atomic E-state index is 0.0339. The first kappa shape index (κ1) is 20.6. The number of nitrogens with one attached hydrogen (secondary N) is 1. The van der Waals surface area contributed by atoms with Gasteiger partial charge in [0.25, 0.3) is 5.69 Å². The Balaban J connectivity index is 2.17. The van der Waals surface area contributed by atoms with Crippen molar-refractivity contribution in [1.82, 2.24) is 9.62 Å². The molecule has 0 spiro atoms. The van der Waals surface area contributed by atoms with E-state index >= 15 is 0 Å². The van der Waals surface area contributed by atoms with Gasteiger partial charge in [-0.05, 0) is 32.3 Å². The monoisotopic (exact) mass is 403 g/mol. The third-order valence-electron chi connectivity index (χ3n) is 4.50. The van der Waals surface area contributed by atoms with E-state index in [1.807, 2.05) is 6.92 Å². The predicted octanol–water partition coefficient (Wildman–Crippen LogP) is 2.48. The summed E-state index contributed by atoms with van der Waals surface area (Å²) in [6.45, 7) is 4.40. The van der Waals surface area contributed by atoms with Crippen LogP contribution in [-0.2, 0) is 14.8 Å². The number of hydrogen-bond acceptors (Lipinski definition) is 5. The Morgan fingerprint density at radius 1 is 1.38 bits per heavy atom. The van der Waals surface area contributed by atoms with Gasteiger partial charge < -0.3 is 5.32 Å². The number of nitro benzene ring substituents is 1. The summed E-state index contributed by atoms with van der Waals surface area (Å²) >= 11 is 5.98. The van der Waals surface area contributed by atoms with Crippen molar-refractivity contribution in [1.29, 1.82) is 0 Å². The van der Waals surface area contributed by atoms with Crippen molar-refractivity contribution in [3.8, 4) is 0 Å². The smallest absolute Gasteiger partial charge is 0.275 e. The van der Waals surface area contributed by atoms with Crippen molar-refractivity contribution in [2.45, 2.75) is 38.0 Å². The zero-order valence-corrected chi connectivity index (χ0v) is 16.3. The maximum Gasteiger partial charge on any atom is 0.275 e. The van der Waals surface area contributed by atoms with Gasteiger partial charge in [0.05, 0.1) is 14.8 Å². The summed E-state index contributed by atoms with van der Waals surface area (Å²) in [5.74, 6) is -0.276. The Morgan fingerprint density at radius 3 is 2.54 bits per heavy atom. The third kappa shape index (κ3) is 4.33. The molecule has 1 amide bonds. The second-order valence-electron chi connectivity index (χ2n) is 6.28. The fourth-order valence-corrected chi connectivity index (χ4v) is 4.67. The van der Waals surface area contributed by atoms with Crippen molar-refractivity contribution in [2.75, 3.05) is 19.6 Å². The van der Waals surface area contributed by atoms with E-state index in [-0.39, 0.29) is 46.1 Å². The maximum absolute atomic E-state index is 12.8. The Kier molecular flexibility index (Phi) is 6.59. The lowest BCUT2D eigenvalue weighted by Gasteiger charge is -2.30. The van der Waals surface area contributed by atoms with Gasteiger partial charge in [-0.1, -0.05) is 18.5 Å². The number of hydrogen-bond donors (Lipinski definition) is 1. The normalized spacial score (nSPS) is 16.4. The number of benzene rings is 1. The molecule has 2 rings (SSSR count). The largest absolute Gasteiger partial charge is 0.356 e. The van der Waals surface area contributed by atoms with E-state index in [0.29, 0.717) is 19.4 Å².